The van der Waals surface area contributed by atoms with E-state index in [-0.39, 0.29) is 0 Å². The summed E-state index contributed by atoms with van der Waals surface area (Å²) >= 11 is 0. The third-order valence-corrected chi connectivity index (χ3v) is 4.21. The summed E-state index contributed by atoms with van der Waals surface area (Å²) in [6.45, 7) is 8.42. The Labute approximate surface area is 88.7 Å². The Hall–Kier alpha value is -0.0400. The summed E-state index contributed by atoms with van der Waals surface area (Å²) in [7, 11) is 0. The molecule has 2 rings (SSSR count). The molecule has 1 saturated carbocycles. The lowest BCUT2D eigenvalue weighted by Gasteiger charge is -2.47. The molecule has 1 saturated heterocycles. The van der Waals surface area contributed by atoms with Gasteiger partial charge in [-0.25, -0.2) is 0 Å². The highest BCUT2D eigenvalue weighted by atomic mass is 15.0. The molecule has 1 aliphatic heterocycles. The van der Waals surface area contributed by atoms with Gasteiger partial charge in [-0.3, -0.25) is 0 Å². The molecule has 2 aliphatic rings. The molecule has 0 bridgehead atoms. The van der Waals surface area contributed by atoms with Gasteiger partial charge in [-0.2, -0.15) is 0 Å². The van der Waals surface area contributed by atoms with Crippen LogP contribution in [-0.4, -0.2) is 12.6 Å². The van der Waals surface area contributed by atoms with Crippen LogP contribution in [0.5, 0.6) is 0 Å². The zero-order valence-corrected chi connectivity index (χ0v) is 9.97. The molecule has 1 heteroatoms. The SMILES string of the molecule is CC(C)(C)C1NCCC2CCCCC21. The van der Waals surface area contributed by atoms with Crippen molar-refractivity contribution in [3.8, 4) is 0 Å². The molecule has 82 valence electrons. The Morgan fingerprint density at radius 3 is 2.43 bits per heavy atom. The molecule has 0 aromatic carbocycles. The molecule has 0 aromatic rings. The maximum Gasteiger partial charge on any atom is 0.0146 e. The van der Waals surface area contributed by atoms with E-state index in [0.717, 1.165) is 17.9 Å². The lowest BCUT2D eigenvalue weighted by atomic mass is 9.65. The second-order valence-electron chi connectivity index (χ2n) is 6.29. The highest BCUT2D eigenvalue weighted by Crippen LogP contribution is 2.41. The van der Waals surface area contributed by atoms with Crippen molar-refractivity contribution in [3.63, 3.8) is 0 Å². The minimum atomic E-state index is 0.445. The van der Waals surface area contributed by atoms with Gasteiger partial charge in [0.05, 0.1) is 0 Å². The summed E-state index contributed by atoms with van der Waals surface area (Å²) in [6.07, 6.45) is 7.35. The van der Waals surface area contributed by atoms with Gasteiger partial charge in [0.25, 0.3) is 0 Å². The second kappa shape index (κ2) is 3.84. The maximum absolute atomic E-state index is 3.76. The van der Waals surface area contributed by atoms with Crippen molar-refractivity contribution >= 4 is 0 Å². The predicted molar refractivity (Wildman–Crippen MR) is 61.3 cm³/mol. The van der Waals surface area contributed by atoms with E-state index in [9.17, 15) is 0 Å². The van der Waals surface area contributed by atoms with Crippen molar-refractivity contribution < 1.29 is 0 Å². The molecule has 0 aromatic heterocycles. The van der Waals surface area contributed by atoms with Crippen molar-refractivity contribution in [2.24, 2.45) is 17.3 Å². The van der Waals surface area contributed by atoms with Crippen LogP contribution >= 0.6 is 0 Å². The first-order valence-corrected chi connectivity index (χ1v) is 6.32. The molecular weight excluding hydrogens is 170 g/mol. The minimum Gasteiger partial charge on any atom is -0.313 e. The summed E-state index contributed by atoms with van der Waals surface area (Å²) in [5.41, 5.74) is 0.445. The molecule has 1 N–H and O–H groups in total. The molecule has 1 nitrogen and oxygen atoms in total. The zero-order valence-electron chi connectivity index (χ0n) is 9.97. The Morgan fingerprint density at radius 1 is 1.00 bits per heavy atom. The average Bonchev–Trinajstić information content (AvgIpc) is 2.15. The number of hydrogen-bond donors (Lipinski definition) is 1. The van der Waals surface area contributed by atoms with Crippen LogP contribution in [-0.2, 0) is 0 Å². The molecule has 1 aliphatic carbocycles. The Balaban J connectivity index is 2.09. The minimum absolute atomic E-state index is 0.445. The fourth-order valence-electron chi connectivity index (χ4n) is 3.56. The van der Waals surface area contributed by atoms with Crippen molar-refractivity contribution in [1.29, 1.82) is 0 Å². The van der Waals surface area contributed by atoms with Gasteiger partial charge in [-0.15, -0.1) is 0 Å². The molecule has 0 radical (unpaired) electrons. The van der Waals surface area contributed by atoms with E-state index >= 15 is 0 Å². The van der Waals surface area contributed by atoms with Crippen LogP contribution in [0.1, 0.15) is 52.9 Å². The van der Waals surface area contributed by atoms with E-state index in [2.05, 4.69) is 26.1 Å². The van der Waals surface area contributed by atoms with Crippen molar-refractivity contribution in [2.45, 2.75) is 58.9 Å². The third kappa shape index (κ3) is 1.98. The quantitative estimate of drug-likeness (QED) is 0.626. The molecule has 3 unspecified atom stereocenters. The second-order valence-corrected chi connectivity index (χ2v) is 6.29. The van der Waals surface area contributed by atoms with Gasteiger partial charge in [0.15, 0.2) is 0 Å². The van der Waals surface area contributed by atoms with Crippen molar-refractivity contribution in [2.75, 3.05) is 6.54 Å². The van der Waals surface area contributed by atoms with Crippen LogP contribution in [0, 0.1) is 17.3 Å². The monoisotopic (exact) mass is 195 g/mol. The maximum atomic E-state index is 3.76. The average molecular weight is 195 g/mol. The lowest BCUT2D eigenvalue weighted by Crippen LogP contribution is -2.53. The smallest absolute Gasteiger partial charge is 0.0146 e. The van der Waals surface area contributed by atoms with Gasteiger partial charge < -0.3 is 5.32 Å². The molecule has 14 heavy (non-hydrogen) atoms. The summed E-state index contributed by atoms with van der Waals surface area (Å²) in [4.78, 5) is 0. The zero-order chi connectivity index (χ0) is 10.2. The number of fused-ring (bicyclic) bond motifs is 1. The van der Waals surface area contributed by atoms with Crippen LogP contribution in [0.25, 0.3) is 0 Å². The summed E-state index contributed by atoms with van der Waals surface area (Å²) in [6, 6.07) is 0.765. The van der Waals surface area contributed by atoms with Crippen LogP contribution in [0.15, 0.2) is 0 Å². The van der Waals surface area contributed by atoms with E-state index < -0.39 is 0 Å². The molecule has 0 spiro atoms. The molecule has 2 fully saturated rings. The van der Waals surface area contributed by atoms with Gasteiger partial charge >= 0.3 is 0 Å². The first-order chi connectivity index (χ1) is 6.59. The summed E-state index contributed by atoms with van der Waals surface area (Å²) in [5, 5.41) is 3.76. The fourth-order valence-corrected chi connectivity index (χ4v) is 3.56. The van der Waals surface area contributed by atoms with E-state index in [1.54, 1.807) is 0 Å². The summed E-state index contributed by atoms with van der Waals surface area (Å²) in [5.74, 6) is 2.01. The summed E-state index contributed by atoms with van der Waals surface area (Å²) < 4.78 is 0. The first-order valence-electron chi connectivity index (χ1n) is 6.32. The van der Waals surface area contributed by atoms with Gasteiger partial charge in [0, 0.05) is 6.04 Å². The fraction of sp³-hybridized carbons (Fsp3) is 1.00. The molecule has 3 atom stereocenters. The van der Waals surface area contributed by atoms with Gasteiger partial charge in [0.2, 0.25) is 0 Å². The van der Waals surface area contributed by atoms with Gasteiger partial charge in [-0.05, 0) is 36.6 Å². The van der Waals surface area contributed by atoms with Gasteiger partial charge in [-0.1, -0.05) is 40.0 Å². The molecular formula is C13H25N. The normalized spacial score (nSPS) is 39.2. The molecule has 0 amide bonds. The Morgan fingerprint density at radius 2 is 1.71 bits per heavy atom. The number of piperidine rings is 1. The predicted octanol–water partition coefficient (Wildman–Crippen LogP) is 3.20. The Kier molecular flexibility index (Phi) is 2.88. The largest absolute Gasteiger partial charge is 0.313 e. The van der Waals surface area contributed by atoms with E-state index in [1.807, 2.05) is 0 Å². The highest BCUT2D eigenvalue weighted by Gasteiger charge is 2.39. The van der Waals surface area contributed by atoms with E-state index in [0.29, 0.717) is 5.41 Å². The number of rotatable bonds is 0. The van der Waals surface area contributed by atoms with Crippen molar-refractivity contribution in [1.82, 2.24) is 5.32 Å². The Bertz CT molecular complexity index is 190. The number of nitrogens with one attached hydrogen (secondary N) is 1. The van der Waals surface area contributed by atoms with E-state index in [1.165, 1.54) is 38.6 Å². The van der Waals surface area contributed by atoms with Crippen molar-refractivity contribution in [3.05, 3.63) is 0 Å². The van der Waals surface area contributed by atoms with Crippen LogP contribution < -0.4 is 5.32 Å². The van der Waals surface area contributed by atoms with Crippen LogP contribution in [0.4, 0.5) is 0 Å². The van der Waals surface area contributed by atoms with Crippen LogP contribution in [0.2, 0.25) is 0 Å². The lowest BCUT2D eigenvalue weighted by molar-refractivity contribution is 0.0710. The van der Waals surface area contributed by atoms with Gasteiger partial charge in [0.1, 0.15) is 0 Å². The number of hydrogen-bond acceptors (Lipinski definition) is 1. The standard InChI is InChI=1S/C13H25N/c1-13(2,3)12-11-7-5-4-6-10(11)8-9-14-12/h10-12,14H,4-9H2,1-3H3. The molecule has 1 heterocycles. The first kappa shape index (κ1) is 10.5. The van der Waals surface area contributed by atoms with E-state index in [4.69, 9.17) is 0 Å². The topological polar surface area (TPSA) is 12.0 Å². The van der Waals surface area contributed by atoms with Crippen LogP contribution in [0.3, 0.4) is 0 Å². The highest BCUT2D eigenvalue weighted by molar-refractivity contribution is 4.94. The third-order valence-electron chi connectivity index (χ3n) is 4.21.